The lowest BCUT2D eigenvalue weighted by molar-refractivity contribution is 0.205. The highest BCUT2D eigenvalue weighted by Gasteiger charge is 2.23. The summed E-state index contributed by atoms with van der Waals surface area (Å²) >= 11 is 0. The van der Waals surface area contributed by atoms with Crippen LogP contribution in [0.1, 0.15) is 17.5 Å². The van der Waals surface area contributed by atoms with E-state index in [1.807, 2.05) is 31.4 Å². The molecule has 0 aliphatic carbocycles. The zero-order chi connectivity index (χ0) is 16.9. The number of pyridine rings is 1. The lowest BCUT2D eigenvalue weighted by Crippen LogP contribution is -2.41. The number of aliphatic hydroxyl groups is 1. The maximum absolute atomic E-state index is 9.74. The van der Waals surface area contributed by atoms with Gasteiger partial charge in [0.05, 0.1) is 19.8 Å². The van der Waals surface area contributed by atoms with Gasteiger partial charge in [0.15, 0.2) is 0 Å². The Morgan fingerprint density at radius 1 is 1.29 bits per heavy atom. The SMILES string of the molecule is COc1cccc(CN2CC[C@@H](CO)N(C)c3ncccc3C2)c1. The van der Waals surface area contributed by atoms with Gasteiger partial charge in [0.25, 0.3) is 0 Å². The van der Waals surface area contributed by atoms with Gasteiger partial charge in [-0.25, -0.2) is 4.98 Å². The highest BCUT2D eigenvalue weighted by Crippen LogP contribution is 2.25. The van der Waals surface area contributed by atoms with E-state index in [2.05, 4.69) is 33.0 Å². The first-order valence-electron chi connectivity index (χ1n) is 8.34. The third kappa shape index (κ3) is 3.68. The molecule has 3 rings (SSSR count). The molecular weight excluding hydrogens is 302 g/mol. The van der Waals surface area contributed by atoms with E-state index in [9.17, 15) is 5.11 Å². The summed E-state index contributed by atoms with van der Waals surface area (Å²) in [5, 5.41) is 9.74. The minimum atomic E-state index is 0.0896. The number of aliphatic hydroxyl groups excluding tert-OH is 1. The van der Waals surface area contributed by atoms with Crippen LogP contribution in [0.5, 0.6) is 5.75 Å². The average Bonchev–Trinajstić information content (AvgIpc) is 2.61. The quantitative estimate of drug-likeness (QED) is 0.934. The Morgan fingerprint density at radius 3 is 2.96 bits per heavy atom. The third-order valence-corrected chi connectivity index (χ3v) is 4.67. The van der Waals surface area contributed by atoms with E-state index >= 15 is 0 Å². The van der Waals surface area contributed by atoms with E-state index < -0.39 is 0 Å². The average molecular weight is 327 g/mol. The van der Waals surface area contributed by atoms with Crippen molar-refractivity contribution < 1.29 is 9.84 Å². The van der Waals surface area contributed by atoms with Crippen LogP contribution in [-0.4, -0.2) is 48.3 Å². The number of rotatable bonds is 4. The first-order chi connectivity index (χ1) is 11.7. The molecule has 0 spiro atoms. The number of benzene rings is 1. The normalized spacial score (nSPS) is 18.6. The summed E-state index contributed by atoms with van der Waals surface area (Å²) in [7, 11) is 3.71. The van der Waals surface area contributed by atoms with Crippen molar-refractivity contribution in [3.63, 3.8) is 0 Å². The van der Waals surface area contributed by atoms with Crippen molar-refractivity contribution >= 4 is 5.82 Å². The van der Waals surface area contributed by atoms with Crippen molar-refractivity contribution in [2.75, 3.05) is 32.2 Å². The number of nitrogens with zero attached hydrogens (tertiary/aromatic N) is 3. The largest absolute Gasteiger partial charge is 0.497 e. The summed E-state index contributed by atoms with van der Waals surface area (Å²) in [5.74, 6) is 1.85. The molecule has 2 heterocycles. The van der Waals surface area contributed by atoms with Gasteiger partial charge in [0.1, 0.15) is 11.6 Å². The first kappa shape index (κ1) is 16.7. The van der Waals surface area contributed by atoms with E-state index in [0.29, 0.717) is 0 Å². The number of hydrogen-bond donors (Lipinski definition) is 1. The van der Waals surface area contributed by atoms with Crippen LogP contribution < -0.4 is 9.64 Å². The molecule has 24 heavy (non-hydrogen) atoms. The molecule has 5 nitrogen and oxygen atoms in total. The number of anilines is 1. The summed E-state index contributed by atoms with van der Waals surface area (Å²) in [6.07, 6.45) is 2.73. The van der Waals surface area contributed by atoms with E-state index in [-0.39, 0.29) is 12.6 Å². The Labute approximate surface area is 143 Å². The van der Waals surface area contributed by atoms with Gasteiger partial charge in [0, 0.05) is 38.4 Å². The van der Waals surface area contributed by atoms with Crippen LogP contribution in [0.2, 0.25) is 0 Å². The summed E-state index contributed by atoms with van der Waals surface area (Å²) in [5.41, 5.74) is 2.43. The van der Waals surface area contributed by atoms with Crippen LogP contribution in [0.15, 0.2) is 42.6 Å². The van der Waals surface area contributed by atoms with E-state index in [1.54, 1.807) is 7.11 Å². The molecule has 5 heteroatoms. The molecule has 0 amide bonds. The van der Waals surface area contributed by atoms with Crippen molar-refractivity contribution in [3.8, 4) is 5.75 Å². The fourth-order valence-electron chi connectivity index (χ4n) is 3.27. The summed E-state index contributed by atoms with van der Waals surface area (Å²) < 4.78 is 5.33. The monoisotopic (exact) mass is 327 g/mol. The number of methoxy groups -OCH3 is 1. The molecule has 1 atom stereocenters. The van der Waals surface area contributed by atoms with E-state index in [1.165, 1.54) is 11.1 Å². The molecule has 128 valence electrons. The molecule has 0 bridgehead atoms. The number of ether oxygens (including phenoxy) is 1. The van der Waals surface area contributed by atoms with Gasteiger partial charge in [-0.1, -0.05) is 18.2 Å². The van der Waals surface area contributed by atoms with Crippen LogP contribution in [-0.2, 0) is 13.1 Å². The molecule has 1 aliphatic heterocycles. The maximum Gasteiger partial charge on any atom is 0.133 e. The van der Waals surface area contributed by atoms with Crippen LogP contribution in [0.25, 0.3) is 0 Å². The van der Waals surface area contributed by atoms with Crippen molar-refractivity contribution in [3.05, 3.63) is 53.7 Å². The Balaban J connectivity index is 1.83. The van der Waals surface area contributed by atoms with Crippen LogP contribution in [0, 0.1) is 0 Å². The van der Waals surface area contributed by atoms with Crippen molar-refractivity contribution in [2.24, 2.45) is 0 Å². The summed E-state index contributed by atoms with van der Waals surface area (Å²) in [6.45, 7) is 2.77. The lowest BCUT2D eigenvalue weighted by Gasteiger charge is -2.35. The fourth-order valence-corrected chi connectivity index (χ4v) is 3.27. The topological polar surface area (TPSA) is 48.8 Å². The minimum absolute atomic E-state index is 0.0896. The third-order valence-electron chi connectivity index (χ3n) is 4.67. The molecule has 0 saturated carbocycles. The molecule has 1 aromatic heterocycles. The molecule has 2 aromatic rings. The Kier molecular flexibility index (Phi) is 5.33. The lowest BCUT2D eigenvalue weighted by atomic mass is 10.1. The second-order valence-electron chi connectivity index (χ2n) is 6.28. The predicted octanol–water partition coefficient (Wildman–Crippen LogP) is 2.29. The number of likely N-dealkylation sites (N-methyl/N-ethyl adjacent to an activating group) is 1. The van der Waals surface area contributed by atoms with Crippen molar-refractivity contribution in [1.82, 2.24) is 9.88 Å². The van der Waals surface area contributed by atoms with Gasteiger partial charge in [-0.2, -0.15) is 0 Å². The number of hydrogen-bond acceptors (Lipinski definition) is 5. The van der Waals surface area contributed by atoms with Crippen LogP contribution >= 0.6 is 0 Å². The molecular formula is C19H25N3O2. The van der Waals surface area contributed by atoms with Gasteiger partial charge >= 0.3 is 0 Å². The molecule has 1 aliphatic rings. The van der Waals surface area contributed by atoms with Gasteiger partial charge in [0.2, 0.25) is 0 Å². The Hall–Kier alpha value is -2.11. The van der Waals surface area contributed by atoms with Crippen LogP contribution in [0.3, 0.4) is 0 Å². The first-order valence-corrected chi connectivity index (χ1v) is 8.34. The maximum atomic E-state index is 9.74. The highest BCUT2D eigenvalue weighted by molar-refractivity contribution is 5.47. The smallest absolute Gasteiger partial charge is 0.133 e. The molecule has 0 saturated heterocycles. The highest BCUT2D eigenvalue weighted by atomic mass is 16.5. The van der Waals surface area contributed by atoms with Crippen molar-refractivity contribution in [2.45, 2.75) is 25.6 Å². The standard InChI is InChI=1S/C19H25N3O2/c1-21-17(14-23)8-10-22(13-16-6-4-9-20-19(16)21)12-15-5-3-7-18(11-15)24-2/h3-7,9,11,17,23H,8,10,12-14H2,1-2H3/t17-/m0/s1. The van der Waals surface area contributed by atoms with E-state index in [4.69, 9.17) is 4.74 Å². The summed E-state index contributed by atoms with van der Waals surface area (Å²) in [6, 6.07) is 12.4. The number of aromatic nitrogens is 1. The van der Waals surface area contributed by atoms with Crippen LogP contribution in [0.4, 0.5) is 5.82 Å². The Morgan fingerprint density at radius 2 is 2.17 bits per heavy atom. The second-order valence-corrected chi connectivity index (χ2v) is 6.28. The molecule has 0 radical (unpaired) electrons. The second kappa shape index (κ2) is 7.64. The van der Waals surface area contributed by atoms with E-state index in [0.717, 1.165) is 37.6 Å². The zero-order valence-corrected chi connectivity index (χ0v) is 14.4. The molecule has 0 unspecified atom stereocenters. The molecule has 0 fully saturated rings. The van der Waals surface area contributed by atoms with Gasteiger partial charge in [-0.3, -0.25) is 4.90 Å². The fraction of sp³-hybridized carbons (Fsp3) is 0.421. The summed E-state index contributed by atoms with van der Waals surface area (Å²) in [4.78, 5) is 9.05. The molecule has 1 N–H and O–H groups in total. The zero-order valence-electron chi connectivity index (χ0n) is 14.4. The predicted molar refractivity (Wildman–Crippen MR) is 95.2 cm³/mol. The van der Waals surface area contributed by atoms with Gasteiger partial charge < -0.3 is 14.7 Å². The van der Waals surface area contributed by atoms with Gasteiger partial charge in [-0.05, 0) is 30.2 Å². The van der Waals surface area contributed by atoms with Crippen molar-refractivity contribution in [1.29, 1.82) is 0 Å². The Bertz CT molecular complexity index is 677. The minimum Gasteiger partial charge on any atom is -0.497 e. The molecule has 1 aromatic carbocycles. The number of fused-ring (bicyclic) bond motifs is 1. The van der Waals surface area contributed by atoms with Gasteiger partial charge in [-0.15, -0.1) is 0 Å².